The molecule has 4 N–H and O–H groups in total. The molecule has 0 aromatic rings. The van der Waals surface area contributed by atoms with Gasteiger partial charge in [0.25, 0.3) is 0 Å². The van der Waals surface area contributed by atoms with Gasteiger partial charge < -0.3 is 15.9 Å². The van der Waals surface area contributed by atoms with E-state index in [1.807, 2.05) is 0 Å². The van der Waals surface area contributed by atoms with E-state index in [1.165, 1.54) is 6.08 Å². The molecular formula is C6H11NO3. The Bertz CT molecular complexity index is 142. The summed E-state index contributed by atoms with van der Waals surface area (Å²) in [5, 5.41) is 16.7. The number of aliphatic hydroxyl groups excluding tert-OH is 1. The summed E-state index contributed by atoms with van der Waals surface area (Å²) in [6.07, 6.45) is 2.45. The van der Waals surface area contributed by atoms with Crippen LogP contribution in [0.3, 0.4) is 0 Å². The summed E-state index contributed by atoms with van der Waals surface area (Å²) >= 11 is 0. The van der Waals surface area contributed by atoms with Crippen LogP contribution in [0.5, 0.6) is 0 Å². The van der Waals surface area contributed by atoms with Crippen LogP contribution in [0.1, 0.15) is 12.8 Å². The lowest BCUT2D eigenvalue weighted by atomic mass is 10.3. The standard InChI is InChI=1S/C6H11NO3/c7-4-2-1-3-5(8)6(9)10/h3,8H,1-2,4,7H2,(H,9,10)/b5-3+. The molecule has 0 aromatic heterocycles. The zero-order chi connectivity index (χ0) is 7.98. The molecule has 0 saturated carbocycles. The first-order chi connectivity index (χ1) is 4.68. The number of aliphatic hydroxyl groups is 1. The summed E-state index contributed by atoms with van der Waals surface area (Å²) in [5.74, 6) is -1.90. The lowest BCUT2D eigenvalue weighted by molar-refractivity contribution is -0.135. The zero-order valence-electron chi connectivity index (χ0n) is 5.58. The molecule has 0 saturated heterocycles. The zero-order valence-corrected chi connectivity index (χ0v) is 5.58. The second-order valence-corrected chi connectivity index (χ2v) is 1.83. The van der Waals surface area contributed by atoms with Crippen LogP contribution in [0.4, 0.5) is 0 Å². The number of carboxylic acids is 1. The van der Waals surface area contributed by atoms with E-state index in [9.17, 15) is 4.79 Å². The van der Waals surface area contributed by atoms with Gasteiger partial charge in [0, 0.05) is 0 Å². The van der Waals surface area contributed by atoms with Gasteiger partial charge in [-0.2, -0.15) is 0 Å². The lowest BCUT2D eigenvalue weighted by Gasteiger charge is -1.91. The maximum Gasteiger partial charge on any atom is 0.370 e. The van der Waals surface area contributed by atoms with E-state index >= 15 is 0 Å². The third kappa shape index (κ3) is 3.91. The average Bonchev–Trinajstić information content (AvgIpc) is 1.88. The highest BCUT2D eigenvalue weighted by Gasteiger charge is 2.00. The van der Waals surface area contributed by atoms with E-state index < -0.39 is 11.7 Å². The molecule has 58 valence electrons. The summed E-state index contributed by atoms with van der Waals surface area (Å²) in [6.45, 7) is 0.503. The van der Waals surface area contributed by atoms with Crippen molar-refractivity contribution in [2.45, 2.75) is 12.8 Å². The molecule has 0 rings (SSSR count). The minimum Gasteiger partial charge on any atom is -0.502 e. The van der Waals surface area contributed by atoms with Gasteiger partial charge in [-0.15, -0.1) is 0 Å². The number of allylic oxidation sites excluding steroid dienone is 1. The summed E-state index contributed by atoms with van der Waals surface area (Å²) in [7, 11) is 0. The molecule has 4 heteroatoms. The number of hydrogen-bond acceptors (Lipinski definition) is 3. The highest BCUT2D eigenvalue weighted by atomic mass is 16.4. The van der Waals surface area contributed by atoms with Crippen LogP contribution in [-0.2, 0) is 4.79 Å². The van der Waals surface area contributed by atoms with Crippen LogP contribution in [0.2, 0.25) is 0 Å². The van der Waals surface area contributed by atoms with Gasteiger partial charge in [0.2, 0.25) is 0 Å². The minimum absolute atomic E-state index is 0.503. The largest absolute Gasteiger partial charge is 0.502 e. The van der Waals surface area contributed by atoms with E-state index in [1.54, 1.807) is 0 Å². The van der Waals surface area contributed by atoms with Gasteiger partial charge >= 0.3 is 5.97 Å². The van der Waals surface area contributed by atoms with Crippen LogP contribution < -0.4 is 5.73 Å². The highest BCUT2D eigenvalue weighted by molar-refractivity contribution is 5.83. The van der Waals surface area contributed by atoms with Gasteiger partial charge in [-0.3, -0.25) is 0 Å². The number of carbonyl (C=O) groups is 1. The van der Waals surface area contributed by atoms with Crippen molar-refractivity contribution >= 4 is 5.97 Å². The molecule has 10 heavy (non-hydrogen) atoms. The molecule has 0 spiro atoms. The Hall–Kier alpha value is -1.03. The van der Waals surface area contributed by atoms with Gasteiger partial charge in [0.05, 0.1) is 0 Å². The van der Waals surface area contributed by atoms with Crippen molar-refractivity contribution in [2.75, 3.05) is 6.54 Å². The Morgan fingerprint density at radius 3 is 2.50 bits per heavy atom. The van der Waals surface area contributed by atoms with Gasteiger partial charge in [0.15, 0.2) is 5.76 Å². The molecule has 0 unspecified atom stereocenters. The third-order valence-corrected chi connectivity index (χ3v) is 0.965. The Morgan fingerprint density at radius 1 is 1.50 bits per heavy atom. The van der Waals surface area contributed by atoms with E-state index in [0.717, 1.165) is 0 Å². The van der Waals surface area contributed by atoms with Crippen LogP contribution in [-0.4, -0.2) is 22.7 Å². The molecule has 0 heterocycles. The fourth-order valence-electron chi connectivity index (χ4n) is 0.444. The first-order valence-corrected chi connectivity index (χ1v) is 3.01. The second kappa shape index (κ2) is 4.81. The van der Waals surface area contributed by atoms with Gasteiger partial charge in [-0.05, 0) is 25.5 Å². The molecule has 0 bridgehead atoms. The maximum atomic E-state index is 9.94. The topological polar surface area (TPSA) is 83.5 Å². The third-order valence-electron chi connectivity index (χ3n) is 0.965. The van der Waals surface area contributed by atoms with Crippen LogP contribution in [0, 0.1) is 0 Å². The summed E-state index contributed by atoms with van der Waals surface area (Å²) < 4.78 is 0. The monoisotopic (exact) mass is 145 g/mol. The predicted octanol–water partition coefficient (Wildman–Crippen LogP) is 0.252. The summed E-state index contributed by atoms with van der Waals surface area (Å²) in [4.78, 5) is 9.94. The number of carboxylic acid groups (broad SMARTS) is 1. The van der Waals surface area contributed by atoms with Crippen LogP contribution >= 0.6 is 0 Å². The fourth-order valence-corrected chi connectivity index (χ4v) is 0.444. The van der Waals surface area contributed by atoms with Crippen molar-refractivity contribution in [3.8, 4) is 0 Å². The van der Waals surface area contributed by atoms with Gasteiger partial charge in [0.1, 0.15) is 0 Å². The molecular weight excluding hydrogens is 134 g/mol. The Kier molecular flexibility index (Phi) is 4.32. The van der Waals surface area contributed by atoms with Gasteiger partial charge in [-0.25, -0.2) is 4.79 Å². The van der Waals surface area contributed by atoms with Gasteiger partial charge in [-0.1, -0.05) is 0 Å². The molecule has 0 atom stereocenters. The number of aliphatic carboxylic acids is 1. The summed E-state index contributed by atoms with van der Waals surface area (Å²) in [6, 6.07) is 0. The average molecular weight is 145 g/mol. The second-order valence-electron chi connectivity index (χ2n) is 1.83. The number of hydrogen-bond donors (Lipinski definition) is 3. The molecule has 0 fully saturated rings. The Balaban J connectivity index is 3.58. The van der Waals surface area contributed by atoms with E-state index in [4.69, 9.17) is 15.9 Å². The molecule has 0 aliphatic carbocycles. The highest BCUT2D eigenvalue weighted by Crippen LogP contribution is 1.94. The molecule has 0 aliphatic heterocycles. The SMILES string of the molecule is NCCC/C=C(/O)C(=O)O. The van der Waals surface area contributed by atoms with Crippen molar-refractivity contribution < 1.29 is 15.0 Å². The molecule has 0 amide bonds. The number of rotatable bonds is 4. The Labute approximate surface area is 59.0 Å². The summed E-state index contributed by atoms with van der Waals surface area (Å²) in [5.41, 5.74) is 5.13. The molecule has 0 aliphatic rings. The van der Waals surface area contributed by atoms with E-state index in [2.05, 4.69) is 0 Å². The minimum atomic E-state index is -1.29. The molecule has 0 radical (unpaired) electrons. The first-order valence-electron chi connectivity index (χ1n) is 3.01. The maximum absolute atomic E-state index is 9.94. The Morgan fingerprint density at radius 2 is 2.10 bits per heavy atom. The molecule has 0 aromatic carbocycles. The van der Waals surface area contributed by atoms with Crippen molar-refractivity contribution in [1.82, 2.24) is 0 Å². The van der Waals surface area contributed by atoms with Crippen molar-refractivity contribution in [3.05, 3.63) is 11.8 Å². The number of unbranched alkanes of at least 4 members (excludes halogenated alkanes) is 1. The molecule has 4 nitrogen and oxygen atoms in total. The fraction of sp³-hybridized carbons (Fsp3) is 0.500. The van der Waals surface area contributed by atoms with E-state index in [-0.39, 0.29) is 0 Å². The lowest BCUT2D eigenvalue weighted by Crippen LogP contribution is -2.00. The predicted molar refractivity (Wildman–Crippen MR) is 36.6 cm³/mol. The smallest absolute Gasteiger partial charge is 0.370 e. The van der Waals surface area contributed by atoms with Crippen molar-refractivity contribution in [3.63, 3.8) is 0 Å². The van der Waals surface area contributed by atoms with Crippen LogP contribution in [0.15, 0.2) is 11.8 Å². The first kappa shape index (κ1) is 8.97. The van der Waals surface area contributed by atoms with Crippen molar-refractivity contribution in [2.24, 2.45) is 5.73 Å². The number of nitrogens with two attached hydrogens (primary N) is 1. The quantitative estimate of drug-likeness (QED) is 0.301. The van der Waals surface area contributed by atoms with Crippen molar-refractivity contribution in [1.29, 1.82) is 0 Å². The van der Waals surface area contributed by atoms with Crippen LogP contribution in [0.25, 0.3) is 0 Å². The normalized spacial score (nSPS) is 11.5. The van der Waals surface area contributed by atoms with E-state index in [0.29, 0.717) is 19.4 Å².